The lowest BCUT2D eigenvalue weighted by atomic mass is 10.3. The van der Waals surface area contributed by atoms with Gasteiger partial charge in [-0.1, -0.05) is 84.5 Å². The predicted molar refractivity (Wildman–Crippen MR) is 402 cm³/mol. The summed E-state index contributed by atoms with van der Waals surface area (Å²) in [7, 11) is 0. The van der Waals surface area contributed by atoms with Crippen LogP contribution in [0.15, 0.2) is 146 Å². The van der Waals surface area contributed by atoms with E-state index >= 15 is 0 Å². The maximum atomic E-state index is 14.2. The van der Waals surface area contributed by atoms with Crippen molar-refractivity contribution in [3.63, 3.8) is 0 Å². The molecule has 16 rings (SSSR count). The Morgan fingerprint density at radius 1 is 0.309 bits per heavy atom. The van der Waals surface area contributed by atoms with Crippen molar-refractivity contribution in [2.24, 2.45) is 0 Å². The van der Waals surface area contributed by atoms with Crippen molar-refractivity contribution >= 4 is 161 Å². The highest BCUT2D eigenvalue weighted by Gasteiger charge is 2.23. The maximum absolute atomic E-state index is 14.2. The topological polar surface area (TPSA) is 378 Å². The molecule has 0 radical (unpaired) electrons. The predicted octanol–water partition coefficient (Wildman–Crippen LogP) is 15.6. The Morgan fingerprint density at radius 2 is 0.609 bits per heavy atom. The molecule has 8 aromatic heterocycles. The van der Waals surface area contributed by atoms with Crippen LogP contribution < -0.4 is 44.2 Å². The molecule has 0 aliphatic carbocycles. The minimum absolute atomic E-state index is 0.00217. The zero-order valence-corrected chi connectivity index (χ0v) is 60.1. The molecule has 0 unspecified atom stereocenters. The van der Waals surface area contributed by atoms with Gasteiger partial charge in [-0.3, -0.25) is 18.3 Å². The highest BCUT2D eigenvalue weighted by molar-refractivity contribution is 6.31. The molecular formula is C70H52Cl4F8N28. The first-order valence-corrected chi connectivity index (χ1v) is 33.8. The van der Waals surface area contributed by atoms with Crippen LogP contribution in [-0.4, -0.2) is 98.0 Å². The number of nitrogens with two attached hydrogens (primary N) is 4. The fourth-order valence-corrected chi connectivity index (χ4v) is 11.4. The molecule has 0 aliphatic rings. The standard InChI is InChI=1S/C18H13ClF3N7.C18H15ClFN7.C17H11ClF3N7.C17H13ClFN7/c1-2-14-25-15-12(22)5-8(20)6-13(15)29(14)18-27-16(23)26-17(28-18)24-9-3-4-10(19)11(21)7-9;1-2-15-23-13-5-3-4-6-14(13)27(15)18-25-16(21)24-17(26-18)22-10-7-8-11(19)12(20)9-10;1-7-23-14-12(21)4-8(19)5-13(14)28(7)17-26-15(22)25-16(27-17)24-9-2-3-10(18)11(20)6-9;1-9-21-13-4-2-3-5-14(13)26(9)17-24-15(20)23-16(25-17)22-10-6-7-11(18)12(19)8-10/h3-7H,2H2,1H3,(H3,23,24,26,27,28);3-9H,2H2,1H3,(H3,21,22,24,25,26);2-6H,1H3,(H3,22,24,25,26,27);2-8H,1H3,(H3,20,22,23,24,25). The van der Waals surface area contributed by atoms with Crippen molar-refractivity contribution in [3.8, 4) is 23.8 Å². The number of para-hydroxylation sites is 4. The summed E-state index contributed by atoms with van der Waals surface area (Å²) in [5, 5.41) is 11.4. The number of imidazole rings is 4. The van der Waals surface area contributed by atoms with E-state index in [-0.39, 0.29) is 102 Å². The Labute approximate surface area is 634 Å². The van der Waals surface area contributed by atoms with Gasteiger partial charge in [0.15, 0.2) is 11.6 Å². The van der Waals surface area contributed by atoms with Crippen molar-refractivity contribution < 1.29 is 35.1 Å². The molecule has 110 heavy (non-hydrogen) atoms. The molecule has 556 valence electrons. The van der Waals surface area contributed by atoms with E-state index in [9.17, 15) is 35.1 Å². The third-order valence-electron chi connectivity index (χ3n) is 15.7. The summed E-state index contributed by atoms with van der Waals surface area (Å²) in [6.07, 6.45) is 1.08. The Balaban J connectivity index is 0.000000129. The van der Waals surface area contributed by atoms with E-state index in [1.165, 1.54) is 57.7 Å². The number of fused-ring (bicyclic) bond motifs is 4. The lowest BCUT2D eigenvalue weighted by Crippen LogP contribution is -2.11. The third kappa shape index (κ3) is 16.5. The van der Waals surface area contributed by atoms with Crippen molar-refractivity contribution in [1.29, 1.82) is 0 Å². The molecule has 0 saturated heterocycles. The van der Waals surface area contributed by atoms with E-state index in [0.29, 0.717) is 65.0 Å². The molecule has 0 atom stereocenters. The van der Waals surface area contributed by atoms with E-state index in [1.54, 1.807) is 30.5 Å². The second-order valence-electron chi connectivity index (χ2n) is 23.2. The number of nitrogen functional groups attached to an aromatic ring is 4. The van der Waals surface area contributed by atoms with Crippen LogP contribution in [0.1, 0.15) is 37.1 Å². The van der Waals surface area contributed by atoms with Crippen LogP contribution >= 0.6 is 46.4 Å². The minimum Gasteiger partial charge on any atom is -0.368 e. The summed E-state index contributed by atoms with van der Waals surface area (Å²) in [4.78, 5) is 67.3. The number of aromatic nitrogens is 20. The monoisotopic (exact) mass is 1580 g/mol. The van der Waals surface area contributed by atoms with Gasteiger partial charge in [-0.05, 0) is 111 Å². The number of halogens is 12. The SMILES string of the molecule is CCc1nc2c(F)cc(F)cc2n1-c1nc(N)nc(Nc2ccc(Cl)c(F)c2)n1.CCc1nc2ccccc2n1-c1nc(N)nc(Nc2ccc(Cl)c(F)c2)n1.Cc1nc2c(F)cc(F)cc2n1-c1nc(N)nc(Nc2ccc(Cl)c(F)c2)n1.Cc1nc2ccccc2n1-c1nc(N)nc(Nc2ccc(Cl)c(F)c2)n1. The van der Waals surface area contributed by atoms with E-state index < -0.39 is 46.5 Å². The first-order valence-electron chi connectivity index (χ1n) is 32.3. The number of nitrogens with zero attached hydrogens (tertiary/aromatic N) is 20. The zero-order valence-electron chi connectivity index (χ0n) is 57.1. The summed E-state index contributed by atoms with van der Waals surface area (Å²) in [6.45, 7) is 7.23. The Hall–Kier alpha value is -13.3. The number of aryl methyl sites for hydroxylation is 4. The maximum Gasteiger partial charge on any atom is 0.242 e. The first kappa shape index (κ1) is 74.9. The highest BCUT2D eigenvalue weighted by atomic mass is 35.5. The Bertz CT molecular complexity index is 6220. The van der Waals surface area contributed by atoms with Crippen LogP contribution in [0.5, 0.6) is 0 Å². The number of rotatable bonds is 14. The smallest absolute Gasteiger partial charge is 0.242 e. The molecule has 40 heteroatoms. The number of anilines is 12. The van der Waals surface area contributed by atoms with Gasteiger partial charge in [0, 0.05) is 59.9 Å². The summed E-state index contributed by atoms with van der Waals surface area (Å²) < 4.78 is 117. The molecule has 8 heterocycles. The average Bonchev–Trinajstić information content (AvgIpc) is 1.62. The quantitative estimate of drug-likeness (QED) is 0.0469. The molecule has 12 N–H and O–H groups in total. The third-order valence-corrected chi connectivity index (χ3v) is 16.9. The molecule has 0 bridgehead atoms. The zero-order chi connectivity index (χ0) is 77.9. The number of nitrogens with one attached hydrogen (secondary N) is 4. The normalized spacial score (nSPS) is 11.1. The second-order valence-corrected chi connectivity index (χ2v) is 24.8. The van der Waals surface area contributed by atoms with Crippen LogP contribution in [0.25, 0.3) is 67.9 Å². The molecule has 0 fully saturated rings. The van der Waals surface area contributed by atoms with Crippen molar-refractivity contribution in [2.45, 2.75) is 40.5 Å². The molecule has 0 spiro atoms. The first-order chi connectivity index (χ1) is 52.7. The van der Waals surface area contributed by atoms with Crippen molar-refractivity contribution in [2.75, 3.05) is 44.2 Å². The van der Waals surface area contributed by atoms with Gasteiger partial charge in [-0.25, -0.2) is 55.1 Å². The fraction of sp³-hybridized carbons (Fsp3) is 0.0857. The van der Waals surface area contributed by atoms with E-state index in [4.69, 9.17) is 69.3 Å². The number of hydrogen-bond acceptors (Lipinski definition) is 24. The molecule has 28 nitrogen and oxygen atoms in total. The van der Waals surface area contributed by atoms with Crippen LogP contribution in [0.2, 0.25) is 20.1 Å². The lowest BCUT2D eigenvalue weighted by molar-refractivity contribution is 0.589. The minimum atomic E-state index is -0.811. The largest absolute Gasteiger partial charge is 0.368 e. The van der Waals surface area contributed by atoms with E-state index in [2.05, 4.69) is 101 Å². The molecule has 8 aromatic carbocycles. The summed E-state index contributed by atoms with van der Waals surface area (Å²) >= 11 is 22.8. The van der Waals surface area contributed by atoms with Gasteiger partial charge < -0.3 is 44.2 Å². The summed E-state index contributed by atoms with van der Waals surface area (Å²) in [5.41, 5.74) is 28.4. The van der Waals surface area contributed by atoms with Crippen molar-refractivity contribution in [1.82, 2.24) is 98.0 Å². The molecule has 16 aromatic rings. The lowest BCUT2D eigenvalue weighted by Gasteiger charge is -2.10. The van der Waals surface area contributed by atoms with Gasteiger partial charge in [-0.15, -0.1) is 0 Å². The molecule has 0 aliphatic heterocycles. The van der Waals surface area contributed by atoms with Gasteiger partial charge in [0.25, 0.3) is 0 Å². The Kier molecular flexibility index (Phi) is 21.5. The van der Waals surface area contributed by atoms with Gasteiger partial charge in [0.1, 0.15) is 69.2 Å². The molecule has 0 amide bonds. The Morgan fingerprint density at radius 3 is 0.982 bits per heavy atom. The summed E-state index contributed by atoms with van der Waals surface area (Å²) in [5.74, 6) is -2.45. The number of hydrogen-bond donors (Lipinski definition) is 8. The van der Waals surface area contributed by atoms with Crippen LogP contribution in [0, 0.1) is 60.4 Å². The van der Waals surface area contributed by atoms with Gasteiger partial charge in [0.05, 0.1) is 53.2 Å². The summed E-state index contributed by atoms with van der Waals surface area (Å²) in [6, 6.07) is 35.8. The molecular weight excluding hydrogens is 1530 g/mol. The van der Waals surface area contributed by atoms with Crippen LogP contribution in [0.3, 0.4) is 0 Å². The number of benzene rings is 8. The molecule has 0 saturated carbocycles. The van der Waals surface area contributed by atoms with Crippen LogP contribution in [0.4, 0.5) is 105 Å². The average molecular weight is 1580 g/mol. The highest BCUT2D eigenvalue weighted by Crippen LogP contribution is 2.31. The van der Waals surface area contributed by atoms with Gasteiger partial charge >= 0.3 is 0 Å². The van der Waals surface area contributed by atoms with Crippen molar-refractivity contribution in [3.05, 3.63) is 236 Å². The van der Waals surface area contributed by atoms with E-state index in [1.807, 2.05) is 66.9 Å². The van der Waals surface area contributed by atoms with Gasteiger partial charge in [0.2, 0.25) is 71.4 Å². The van der Waals surface area contributed by atoms with Crippen LogP contribution in [-0.2, 0) is 12.8 Å². The van der Waals surface area contributed by atoms with Gasteiger partial charge in [-0.2, -0.15) is 59.8 Å². The fourth-order valence-electron chi connectivity index (χ4n) is 11.0. The van der Waals surface area contributed by atoms with E-state index in [0.717, 1.165) is 64.3 Å². The second kappa shape index (κ2) is 31.6.